The molecule has 0 spiro atoms. The molecule has 2 heteroatoms. The molecule has 2 rings (SSSR count). The third-order valence-corrected chi connectivity index (χ3v) is 2.73. The molecular weight excluding hydrogens is 184 g/mol. The Morgan fingerprint density at radius 3 is 2.69 bits per heavy atom. The van der Waals surface area contributed by atoms with Gasteiger partial charge in [-0.05, 0) is 43.9 Å². The molecule has 0 saturated heterocycles. The van der Waals surface area contributed by atoms with Crippen molar-refractivity contribution in [3.05, 3.63) is 28.8 Å². The third-order valence-electron chi connectivity index (χ3n) is 2.43. The molecule has 0 bridgehead atoms. The van der Waals surface area contributed by atoms with Gasteiger partial charge in [0.25, 0.3) is 0 Å². The van der Waals surface area contributed by atoms with Gasteiger partial charge in [-0.15, -0.1) is 0 Å². The van der Waals surface area contributed by atoms with Crippen molar-refractivity contribution in [2.75, 3.05) is 0 Å². The molecule has 0 aliphatic heterocycles. The zero-order valence-electron chi connectivity index (χ0n) is 7.72. The van der Waals surface area contributed by atoms with Crippen molar-refractivity contribution in [2.45, 2.75) is 32.3 Å². The second kappa shape index (κ2) is 3.59. The first kappa shape index (κ1) is 8.89. The van der Waals surface area contributed by atoms with Gasteiger partial charge in [0.05, 0.1) is 11.1 Å². The SMILES string of the molecule is Cc1ccc(OC2CCC2)c(Cl)c1. The highest BCUT2D eigenvalue weighted by atomic mass is 35.5. The summed E-state index contributed by atoms with van der Waals surface area (Å²) in [6.07, 6.45) is 4.03. The van der Waals surface area contributed by atoms with Crippen molar-refractivity contribution in [1.29, 1.82) is 0 Å². The van der Waals surface area contributed by atoms with Crippen molar-refractivity contribution in [2.24, 2.45) is 0 Å². The Morgan fingerprint density at radius 1 is 1.38 bits per heavy atom. The van der Waals surface area contributed by atoms with Crippen LogP contribution in [0.2, 0.25) is 5.02 Å². The smallest absolute Gasteiger partial charge is 0.138 e. The maximum Gasteiger partial charge on any atom is 0.138 e. The van der Waals surface area contributed by atoms with Gasteiger partial charge in [-0.25, -0.2) is 0 Å². The zero-order valence-corrected chi connectivity index (χ0v) is 8.47. The summed E-state index contributed by atoms with van der Waals surface area (Å²) in [5, 5.41) is 0.729. The molecule has 0 unspecified atom stereocenters. The molecule has 0 radical (unpaired) electrons. The molecule has 13 heavy (non-hydrogen) atoms. The van der Waals surface area contributed by atoms with E-state index in [9.17, 15) is 0 Å². The van der Waals surface area contributed by atoms with Gasteiger partial charge in [-0.3, -0.25) is 0 Å². The molecule has 1 nitrogen and oxygen atoms in total. The summed E-state index contributed by atoms with van der Waals surface area (Å²) in [7, 11) is 0. The number of benzene rings is 1. The lowest BCUT2D eigenvalue weighted by atomic mass is 9.96. The Kier molecular flexibility index (Phi) is 2.45. The van der Waals surface area contributed by atoms with Crippen LogP contribution in [0.15, 0.2) is 18.2 Å². The van der Waals surface area contributed by atoms with Crippen molar-refractivity contribution in [3.63, 3.8) is 0 Å². The highest BCUT2D eigenvalue weighted by Gasteiger charge is 2.19. The average Bonchev–Trinajstić information content (AvgIpc) is 1.99. The van der Waals surface area contributed by atoms with Gasteiger partial charge in [0.15, 0.2) is 0 Å². The molecule has 1 aromatic carbocycles. The summed E-state index contributed by atoms with van der Waals surface area (Å²) in [6, 6.07) is 5.92. The van der Waals surface area contributed by atoms with Crippen molar-refractivity contribution >= 4 is 11.6 Å². The molecule has 0 amide bonds. The summed E-state index contributed by atoms with van der Waals surface area (Å²) in [5.41, 5.74) is 1.17. The second-order valence-corrected chi connectivity index (χ2v) is 4.01. The van der Waals surface area contributed by atoms with Crippen LogP contribution in [0.25, 0.3) is 0 Å². The van der Waals surface area contributed by atoms with Crippen molar-refractivity contribution in [1.82, 2.24) is 0 Å². The van der Waals surface area contributed by atoms with Gasteiger partial charge in [-0.1, -0.05) is 17.7 Å². The Labute approximate surface area is 83.7 Å². The number of hydrogen-bond donors (Lipinski definition) is 0. The van der Waals surface area contributed by atoms with Crippen LogP contribution < -0.4 is 4.74 Å². The van der Waals surface area contributed by atoms with Gasteiger partial charge in [0.2, 0.25) is 0 Å². The Balaban J connectivity index is 2.10. The number of rotatable bonds is 2. The maximum absolute atomic E-state index is 6.03. The summed E-state index contributed by atoms with van der Waals surface area (Å²) in [5.74, 6) is 0.831. The largest absolute Gasteiger partial charge is 0.489 e. The van der Waals surface area contributed by atoms with Gasteiger partial charge in [0.1, 0.15) is 5.75 Å². The highest BCUT2D eigenvalue weighted by molar-refractivity contribution is 6.32. The van der Waals surface area contributed by atoms with E-state index in [1.807, 2.05) is 25.1 Å². The fourth-order valence-electron chi connectivity index (χ4n) is 1.37. The molecule has 0 atom stereocenters. The topological polar surface area (TPSA) is 9.23 Å². The molecule has 1 fully saturated rings. The van der Waals surface area contributed by atoms with Crippen LogP contribution in [0.3, 0.4) is 0 Å². The van der Waals surface area contributed by atoms with Gasteiger partial charge >= 0.3 is 0 Å². The minimum absolute atomic E-state index is 0.403. The minimum atomic E-state index is 0.403. The first-order valence-corrected chi connectivity index (χ1v) is 5.06. The maximum atomic E-state index is 6.03. The van der Waals surface area contributed by atoms with E-state index in [-0.39, 0.29) is 0 Å². The average molecular weight is 197 g/mol. The van der Waals surface area contributed by atoms with E-state index in [4.69, 9.17) is 16.3 Å². The molecule has 0 N–H and O–H groups in total. The monoisotopic (exact) mass is 196 g/mol. The first-order chi connectivity index (χ1) is 6.25. The van der Waals surface area contributed by atoms with E-state index in [1.54, 1.807) is 0 Å². The van der Waals surface area contributed by atoms with Gasteiger partial charge < -0.3 is 4.74 Å². The molecule has 70 valence electrons. The Bertz CT molecular complexity index is 305. The van der Waals surface area contributed by atoms with Crippen LogP contribution in [0.5, 0.6) is 5.75 Å². The standard InChI is InChI=1S/C11H13ClO/c1-8-5-6-11(10(12)7-8)13-9-3-2-4-9/h5-7,9H,2-4H2,1H3. The number of hydrogen-bond acceptors (Lipinski definition) is 1. The molecule has 1 saturated carbocycles. The normalized spacial score (nSPS) is 16.8. The van der Waals surface area contributed by atoms with Crippen molar-refractivity contribution in [3.8, 4) is 5.75 Å². The van der Waals surface area contributed by atoms with Gasteiger partial charge in [0, 0.05) is 0 Å². The number of aryl methyl sites for hydroxylation is 1. The summed E-state index contributed by atoms with van der Waals surface area (Å²) in [4.78, 5) is 0. The van der Waals surface area contributed by atoms with E-state index >= 15 is 0 Å². The fraction of sp³-hybridized carbons (Fsp3) is 0.455. The molecule has 0 aromatic heterocycles. The minimum Gasteiger partial charge on any atom is -0.489 e. The van der Waals surface area contributed by atoms with E-state index in [0.29, 0.717) is 6.10 Å². The van der Waals surface area contributed by atoms with E-state index < -0.39 is 0 Å². The van der Waals surface area contributed by atoms with Gasteiger partial charge in [-0.2, -0.15) is 0 Å². The molecule has 0 heterocycles. The van der Waals surface area contributed by atoms with Crippen LogP contribution in [0.4, 0.5) is 0 Å². The fourth-order valence-corrected chi connectivity index (χ4v) is 1.65. The first-order valence-electron chi connectivity index (χ1n) is 4.68. The predicted octanol–water partition coefficient (Wildman–Crippen LogP) is 3.58. The zero-order chi connectivity index (χ0) is 9.26. The van der Waals surface area contributed by atoms with Crippen LogP contribution in [-0.2, 0) is 0 Å². The summed E-state index contributed by atoms with van der Waals surface area (Å²) < 4.78 is 5.70. The van der Waals surface area contributed by atoms with E-state index in [0.717, 1.165) is 10.8 Å². The molecule has 1 aromatic rings. The van der Waals surface area contributed by atoms with E-state index in [2.05, 4.69) is 0 Å². The predicted molar refractivity (Wildman–Crippen MR) is 54.5 cm³/mol. The number of ether oxygens (including phenoxy) is 1. The molecule has 1 aliphatic carbocycles. The quantitative estimate of drug-likeness (QED) is 0.703. The van der Waals surface area contributed by atoms with Crippen LogP contribution in [-0.4, -0.2) is 6.10 Å². The molecule has 1 aliphatic rings. The lowest BCUT2D eigenvalue weighted by Gasteiger charge is -2.26. The van der Waals surface area contributed by atoms with E-state index in [1.165, 1.54) is 24.8 Å². The Hall–Kier alpha value is -0.690. The third kappa shape index (κ3) is 1.97. The summed E-state index contributed by atoms with van der Waals surface area (Å²) >= 11 is 6.03. The number of halogens is 1. The van der Waals surface area contributed by atoms with Crippen LogP contribution in [0, 0.1) is 6.92 Å². The summed E-state index contributed by atoms with van der Waals surface area (Å²) in [6.45, 7) is 2.03. The lowest BCUT2D eigenvalue weighted by Crippen LogP contribution is -2.24. The van der Waals surface area contributed by atoms with Crippen LogP contribution >= 0.6 is 11.6 Å². The lowest BCUT2D eigenvalue weighted by molar-refractivity contribution is 0.120. The van der Waals surface area contributed by atoms with Crippen molar-refractivity contribution < 1.29 is 4.74 Å². The molecular formula is C11H13ClO. The highest BCUT2D eigenvalue weighted by Crippen LogP contribution is 2.30. The van der Waals surface area contributed by atoms with Crippen LogP contribution in [0.1, 0.15) is 24.8 Å². The second-order valence-electron chi connectivity index (χ2n) is 3.60. The Morgan fingerprint density at radius 2 is 2.15 bits per heavy atom.